The van der Waals surface area contributed by atoms with Crippen molar-refractivity contribution in [2.24, 2.45) is 0 Å². The van der Waals surface area contributed by atoms with Crippen LogP contribution in [0.4, 0.5) is 18.9 Å². The van der Waals surface area contributed by atoms with E-state index in [0.717, 1.165) is 12.0 Å². The summed E-state index contributed by atoms with van der Waals surface area (Å²) in [7, 11) is 0. The van der Waals surface area contributed by atoms with Crippen molar-refractivity contribution in [3.05, 3.63) is 47.8 Å². The third-order valence-corrected chi connectivity index (χ3v) is 3.00. The molecule has 0 radical (unpaired) electrons. The number of alkyl halides is 3. The molecule has 0 atom stereocenters. The number of hydrogen-bond acceptors (Lipinski definition) is 3. The number of nitrogens with one attached hydrogen (secondary N) is 1. The summed E-state index contributed by atoms with van der Waals surface area (Å²) in [4.78, 5) is 12.0. The average molecular weight is 327 g/mol. The van der Waals surface area contributed by atoms with Crippen molar-refractivity contribution in [2.75, 3.05) is 11.9 Å². The molecule has 2 aromatic rings. The first kappa shape index (κ1) is 17.0. The van der Waals surface area contributed by atoms with Gasteiger partial charge in [0.15, 0.2) is 0 Å². The maximum absolute atomic E-state index is 12.0. The molecule has 124 valence electrons. The van der Waals surface area contributed by atoms with Gasteiger partial charge in [0.2, 0.25) is 0 Å². The lowest BCUT2D eigenvalue weighted by Gasteiger charge is -2.07. The average Bonchev–Trinajstić information content (AvgIpc) is 2.93. The summed E-state index contributed by atoms with van der Waals surface area (Å²) in [5, 5.41) is 6.44. The number of ether oxygens (including phenoxy) is 1. The molecule has 0 aliphatic carbocycles. The Kier molecular flexibility index (Phi) is 5.38. The van der Waals surface area contributed by atoms with Gasteiger partial charge in [-0.1, -0.05) is 19.1 Å². The summed E-state index contributed by atoms with van der Waals surface area (Å²) in [5.41, 5.74) is 1.99. The molecule has 1 N–H and O–H groups in total. The van der Waals surface area contributed by atoms with E-state index in [0.29, 0.717) is 11.3 Å². The van der Waals surface area contributed by atoms with Crippen LogP contribution in [0.3, 0.4) is 0 Å². The minimum absolute atomic E-state index is 0.316. The molecule has 0 spiro atoms. The molecule has 1 aromatic heterocycles. The first-order chi connectivity index (χ1) is 10.9. The number of amides is 1. The summed E-state index contributed by atoms with van der Waals surface area (Å²) in [6.45, 7) is 0.323. The molecule has 0 fully saturated rings. The molecule has 0 bridgehead atoms. The van der Waals surface area contributed by atoms with Crippen LogP contribution in [-0.4, -0.2) is 28.5 Å². The highest BCUT2D eigenvalue weighted by atomic mass is 19.4. The van der Waals surface area contributed by atoms with Gasteiger partial charge in [0.05, 0.1) is 18.1 Å². The van der Waals surface area contributed by atoms with Gasteiger partial charge in [-0.05, 0) is 24.1 Å². The Hall–Kier alpha value is -2.35. The highest BCUT2D eigenvalue weighted by Crippen LogP contribution is 2.15. The van der Waals surface area contributed by atoms with E-state index in [-0.39, 0.29) is 12.6 Å². The maximum atomic E-state index is 12.0. The van der Waals surface area contributed by atoms with E-state index in [4.69, 9.17) is 0 Å². The van der Waals surface area contributed by atoms with Crippen molar-refractivity contribution in [1.82, 2.24) is 9.78 Å². The van der Waals surface area contributed by atoms with Crippen LogP contribution in [0.5, 0.6) is 0 Å². The van der Waals surface area contributed by atoms with Crippen LogP contribution in [-0.2, 0) is 17.9 Å². The lowest BCUT2D eigenvalue weighted by atomic mass is 10.1. The number of carbonyl (C=O) groups is 1. The second-order valence-electron chi connectivity index (χ2n) is 4.87. The quantitative estimate of drug-likeness (QED) is 0.886. The van der Waals surface area contributed by atoms with E-state index in [1.165, 1.54) is 17.1 Å². The Morgan fingerprint density at radius 3 is 2.61 bits per heavy atom. The molecule has 0 aliphatic rings. The van der Waals surface area contributed by atoms with Gasteiger partial charge in [-0.3, -0.25) is 4.79 Å². The lowest BCUT2D eigenvalue weighted by Crippen LogP contribution is -2.18. The second kappa shape index (κ2) is 7.28. The summed E-state index contributed by atoms with van der Waals surface area (Å²) in [6, 6.07) is 7.16. The minimum atomic E-state index is -4.38. The van der Waals surface area contributed by atoms with Crippen molar-refractivity contribution in [2.45, 2.75) is 26.3 Å². The van der Waals surface area contributed by atoms with Crippen LogP contribution in [0.2, 0.25) is 0 Å². The first-order valence-electron chi connectivity index (χ1n) is 6.94. The van der Waals surface area contributed by atoms with Crippen molar-refractivity contribution in [3.8, 4) is 0 Å². The van der Waals surface area contributed by atoms with E-state index in [1.807, 2.05) is 19.1 Å². The predicted octanol–water partition coefficient (Wildman–Crippen LogP) is 3.23. The fraction of sp³-hybridized carbons (Fsp3) is 0.333. The number of rotatable bonds is 6. The van der Waals surface area contributed by atoms with Crippen molar-refractivity contribution in [3.63, 3.8) is 0 Å². The van der Waals surface area contributed by atoms with Gasteiger partial charge in [0.1, 0.15) is 13.3 Å². The summed E-state index contributed by atoms with van der Waals surface area (Å²) >= 11 is 0. The Morgan fingerprint density at radius 1 is 1.30 bits per heavy atom. The van der Waals surface area contributed by atoms with Gasteiger partial charge in [0.25, 0.3) is 5.91 Å². The number of halogens is 3. The largest absolute Gasteiger partial charge is 0.411 e. The van der Waals surface area contributed by atoms with Gasteiger partial charge < -0.3 is 10.1 Å². The van der Waals surface area contributed by atoms with Gasteiger partial charge in [0, 0.05) is 5.56 Å². The summed E-state index contributed by atoms with van der Waals surface area (Å²) < 4.78 is 41.5. The number of nitrogens with zero attached hydrogens (tertiary/aromatic N) is 2. The molecular weight excluding hydrogens is 311 g/mol. The monoisotopic (exact) mass is 327 g/mol. The Balaban J connectivity index is 1.89. The molecule has 0 saturated heterocycles. The van der Waals surface area contributed by atoms with E-state index in [2.05, 4.69) is 15.2 Å². The van der Waals surface area contributed by atoms with Gasteiger partial charge in [-0.25, -0.2) is 4.68 Å². The number of hydrogen-bond donors (Lipinski definition) is 1. The fourth-order valence-electron chi connectivity index (χ4n) is 1.85. The molecule has 0 unspecified atom stereocenters. The van der Waals surface area contributed by atoms with Crippen LogP contribution >= 0.6 is 0 Å². The zero-order valence-corrected chi connectivity index (χ0v) is 12.4. The number of aromatic nitrogens is 2. The van der Waals surface area contributed by atoms with Crippen LogP contribution in [0, 0.1) is 0 Å². The summed E-state index contributed by atoms with van der Waals surface area (Å²) in [6.07, 6.45) is -0.759. The minimum Gasteiger partial charge on any atom is -0.350 e. The number of anilines is 1. The van der Waals surface area contributed by atoms with Crippen LogP contribution in [0.15, 0.2) is 36.7 Å². The van der Waals surface area contributed by atoms with E-state index < -0.39 is 12.8 Å². The molecule has 1 amide bonds. The molecule has 8 heteroatoms. The Labute approximate surface area is 131 Å². The number of aryl methyl sites for hydroxylation is 1. The molecule has 2 rings (SSSR count). The highest BCUT2D eigenvalue weighted by molar-refractivity contribution is 6.04. The maximum Gasteiger partial charge on any atom is 0.411 e. The topological polar surface area (TPSA) is 56.2 Å². The Morgan fingerprint density at radius 2 is 2.00 bits per heavy atom. The normalized spacial score (nSPS) is 11.5. The van der Waals surface area contributed by atoms with E-state index in [9.17, 15) is 18.0 Å². The van der Waals surface area contributed by atoms with Crippen LogP contribution in [0.1, 0.15) is 22.8 Å². The smallest absolute Gasteiger partial charge is 0.350 e. The van der Waals surface area contributed by atoms with Gasteiger partial charge in [-0.2, -0.15) is 18.3 Å². The predicted molar refractivity (Wildman–Crippen MR) is 78.0 cm³/mol. The molecule has 23 heavy (non-hydrogen) atoms. The first-order valence-corrected chi connectivity index (χ1v) is 6.94. The SMILES string of the molecule is CCc1ccc(C(=O)Nc2cnn(COCC(F)(F)F)c2)cc1. The third kappa shape index (κ3) is 5.41. The molecule has 0 aliphatic heterocycles. The van der Waals surface area contributed by atoms with E-state index in [1.54, 1.807) is 12.1 Å². The van der Waals surface area contributed by atoms with Crippen molar-refractivity contribution in [1.29, 1.82) is 0 Å². The second-order valence-corrected chi connectivity index (χ2v) is 4.87. The molecular formula is C15H16F3N3O2. The fourth-order valence-corrected chi connectivity index (χ4v) is 1.85. The zero-order valence-electron chi connectivity index (χ0n) is 12.4. The summed E-state index contributed by atoms with van der Waals surface area (Å²) in [5.74, 6) is -0.316. The standard InChI is InChI=1S/C15H16F3N3O2/c1-2-11-3-5-12(6-4-11)14(22)20-13-7-19-21(8-13)10-23-9-15(16,17)18/h3-8H,2,9-10H2,1H3,(H,20,22). The zero-order chi connectivity index (χ0) is 16.9. The van der Waals surface area contributed by atoms with Crippen LogP contribution in [0.25, 0.3) is 0 Å². The lowest BCUT2D eigenvalue weighted by molar-refractivity contribution is -0.182. The van der Waals surface area contributed by atoms with Crippen LogP contribution < -0.4 is 5.32 Å². The molecule has 1 heterocycles. The molecule has 1 aromatic carbocycles. The third-order valence-electron chi connectivity index (χ3n) is 3.00. The van der Waals surface area contributed by atoms with Gasteiger partial charge in [-0.15, -0.1) is 0 Å². The Bertz CT molecular complexity index is 651. The number of carbonyl (C=O) groups excluding carboxylic acids is 1. The molecule has 0 saturated carbocycles. The van der Waals surface area contributed by atoms with E-state index >= 15 is 0 Å². The van der Waals surface area contributed by atoms with Crippen molar-refractivity contribution < 1.29 is 22.7 Å². The molecule has 5 nitrogen and oxygen atoms in total. The van der Waals surface area contributed by atoms with Gasteiger partial charge >= 0.3 is 6.18 Å². The highest BCUT2D eigenvalue weighted by Gasteiger charge is 2.27. The number of benzene rings is 1. The van der Waals surface area contributed by atoms with Crippen molar-refractivity contribution >= 4 is 11.6 Å².